The molecular formula is C17H17N5O3. The lowest BCUT2D eigenvalue weighted by atomic mass is 10.2. The summed E-state index contributed by atoms with van der Waals surface area (Å²) in [6.07, 6.45) is 1.83. The molecule has 8 nitrogen and oxygen atoms in total. The summed E-state index contributed by atoms with van der Waals surface area (Å²) in [6.45, 7) is 0.438. The van der Waals surface area contributed by atoms with Crippen molar-refractivity contribution in [3.8, 4) is 6.07 Å². The maximum absolute atomic E-state index is 12.5. The summed E-state index contributed by atoms with van der Waals surface area (Å²) < 4.78 is 0. The standard InChI is InChI=1S/C17H17N5O3/c18-9-5-11-21(13-14-6-3-4-10-19-14)17(23)12-20-15-7-1-2-8-16(15)22(24)25/h1-4,6-8,10,20H,5,11-13H2. The van der Waals surface area contributed by atoms with Crippen molar-refractivity contribution in [2.24, 2.45) is 0 Å². The summed E-state index contributed by atoms with van der Waals surface area (Å²) in [6, 6.07) is 13.5. The van der Waals surface area contributed by atoms with Gasteiger partial charge >= 0.3 is 0 Å². The molecule has 1 heterocycles. The number of para-hydroxylation sites is 2. The van der Waals surface area contributed by atoms with Crippen LogP contribution in [0.1, 0.15) is 12.1 Å². The van der Waals surface area contributed by atoms with Crippen molar-refractivity contribution in [2.45, 2.75) is 13.0 Å². The normalized spacial score (nSPS) is 9.88. The molecule has 1 aromatic heterocycles. The molecule has 0 radical (unpaired) electrons. The van der Waals surface area contributed by atoms with Gasteiger partial charge in [0, 0.05) is 18.8 Å². The third-order valence-electron chi connectivity index (χ3n) is 3.46. The first-order chi connectivity index (χ1) is 12.1. The van der Waals surface area contributed by atoms with Gasteiger partial charge in [0.25, 0.3) is 5.69 Å². The third kappa shape index (κ3) is 5.28. The number of nitro benzene ring substituents is 1. The molecule has 0 aliphatic carbocycles. The van der Waals surface area contributed by atoms with Gasteiger partial charge in [0.1, 0.15) is 5.69 Å². The molecule has 0 saturated carbocycles. The number of nitro groups is 1. The number of carbonyl (C=O) groups is 1. The number of nitriles is 1. The van der Waals surface area contributed by atoms with E-state index < -0.39 is 4.92 Å². The van der Waals surface area contributed by atoms with Crippen LogP contribution >= 0.6 is 0 Å². The van der Waals surface area contributed by atoms with E-state index in [1.54, 1.807) is 36.5 Å². The van der Waals surface area contributed by atoms with Gasteiger partial charge in [0.2, 0.25) is 5.91 Å². The number of pyridine rings is 1. The number of carbonyl (C=O) groups excluding carboxylic acids is 1. The molecule has 0 atom stereocenters. The van der Waals surface area contributed by atoms with Crippen LogP contribution in [0.2, 0.25) is 0 Å². The molecule has 2 aromatic rings. The Balaban J connectivity index is 2.04. The molecule has 0 aliphatic heterocycles. The van der Waals surface area contributed by atoms with E-state index in [9.17, 15) is 14.9 Å². The molecule has 8 heteroatoms. The molecule has 1 amide bonds. The molecule has 0 unspecified atom stereocenters. The number of nitrogens with zero attached hydrogens (tertiary/aromatic N) is 4. The summed E-state index contributed by atoms with van der Waals surface area (Å²) >= 11 is 0. The van der Waals surface area contributed by atoms with Crippen LogP contribution in [-0.2, 0) is 11.3 Å². The SMILES string of the molecule is N#CCCN(Cc1ccccn1)C(=O)CNc1ccccc1[N+](=O)[O-]. The quantitative estimate of drug-likeness (QED) is 0.583. The lowest BCUT2D eigenvalue weighted by molar-refractivity contribution is -0.383. The number of amides is 1. The summed E-state index contributed by atoms with van der Waals surface area (Å²) in [7, 11) is 0. The maximum Gasteiger partial charge on any atom is 0.292 e. The fraction of sp³-hybridized carbons (Fsp3) is 0.235. The van der Waals surface area contributed by atoms with Crippen molar-refractivity contribution in [1.82, 2.24) is 9.88 Å². The van der Waals surface area contributed by atoms with Gasteiger partial charge in [0.05, 0.1) is 36.2 Å². The minimum Gasteiger partial charge on any atom is -0.371 e. The summed E-state index contributed by atoms with van der Waals surface area (Å²) in [5.74, 6) is -0.265. The molecule has 128 valence electrons. The summed E-state index contributed by atoms with van der Waals surface area (Å²) in [5, 5.41) is 22.6. The van der Waals surface area contributed by atoms with E-state index in [1.807, 2.05) is 12.1 Å². The van der Waals surface area contributed by atoms with Gasteiger partial charge in [-0.3, -0.25) is 19.9 Å². The number of hydrogen-bond acceptors (Lipinski definition) is 6. The number of benzene rings is 1. The van der Waals surface area contributed by atoms with Crippen LogP contribution in [0.4, 0.5) is 11.4 Å². The topological polar surface area (TPSA) is 112 Å². The molecular weight excluding hydrogens is 322 g/mol. The molecule has 1 N–H and O–H groups in total. The Bertz CT molecular complexity index is 773. The van der Waals surface area contributed by atoms with Crippen molar-refractivity contribution in [1.29, 1.82) is 5.26 Å². The molecule has 1 aromatic carbocycles. The van der Waals surface area contributed by atoms with Crippen LogP contribution in [-0.4, -0.2) is 33.8 Å². The second-order valence-electron chi connectivity index (χ2n) is 5.17. The van der Waals surface area contributed by atoms with Gasteiger partial charge in [-0.1, -0.05) is 18.2 Å². The third-order valence-corrected chi connectivity index (χ3v) is 3.46. The number of aromatic nitrogens is 1. The van der Waals surface area contributed by atoms with E-state index in [4.69, 9.17) is 5.26 Å². The molecule has 25 heavy (non-hydrogen) atoms. The van der Waals surface area contributed by atoms with Crippen LogP contribution in [0.15, 0.2) is 48.7 Å². The first kappa shape index (κ1) is 17.9. The van der Waals surface area contributed by atoms with Crippen LogP contribution in [0.3, 0.4) is 0 Å². The van der Waals surface area contributed by atoms with Crippen LogP contribution in [0.25, 0.3) is 0 Å². The monoisotopic (exact) mass is 339 g/mol. The predicted molar refractivity (Wildman–Crippen MR) is 91.5 cm³/mol. The predicted octanol–water partition coefficient (Wildman–Crippen LogP) is 2.34. The van der Waals surface area contributed by atoms with E-state index in [-0.39, 0.29) is 43.3 Å². The average molecular weight is 339 g/mol. The Labute approximate surface area is 144 Å². The van der Waals surface area contributed by atoms with Crippen LogP contribution in [0, 0.1) is 21.4 Å². The van der Waals surface area contributed by atoms with E-state index in [1.165, 1.54) is 11.0 Å². The lowest BCUT2D eigenvalue weighted by Crippen LogP contribution is -2.36. The van der Waals surface area contributed by atoms with Gasteiger partial charge in [-0.05, 0) is 18.2 Å². The average Bonchev–Trinajstić information content (AvgIpc) is 2.64. The Hall–Kier alpha value is -3.47. The van der Waals surface area contributed by atoms with Crippen molar-refractivity contribution in [3.05, 3.63) is 64.5 Å². The highest BCUT2D eigenvalue weighted by Gasteiger charge is 2.17. The largest absolute Gasteiger partial charge is 0.371 e. The zero-order valence-corrected chi connectivity index (χ0v) is 13.5. The van der Waals surface area contributed by atoms with E-state index in [0.29, 0.717) is 5.69 Å². The Morgan fingerprint density at radius 1 is 1.28 bits per heavy atom. The molecule has 0 bridgehead atoms. The van der Waals surface area contributed by atoms with Crippen molar-refractivity contribution < 1.29 is 9.72 Å². The van der Waals surface area contributed by atoms with Gasteiger partial charge in [0.15, 0.2) is 0 Å². The van der Waals surface area contributed by atoms with E-state index in [2.05, 4.69) is 10.3 Å². The molecule has 0 spiro atoms. The maximum atomic E-state index is 12.5. The number of anilines is 1. The fourth-order valence-corrected chi connectivity index (χ4v) is 2.23. The van der Waals surface area contributed by atoms with Crippen LogP contribution < -0.4 is 5.32 Å². The summed E-state index contributed by atoms with van der Waals surface area (Å²) in [5.41, 5.74) is 0.891. The van der Waals surface area contributed by atoms with Crippen molar-refractivity contribution in [3.63, 3.8) is 0 Å². The molecule has 2 rings (SSSR count). The van der Waals surface area contributed by atoms with Crippen molar-refractivity contribution >= 4 is 17.3 Å². The fourth-order valence-electron chi connectivity index (χ4n) is 2.23. The smallest absolute Gasteiger partial charge is 0.292 e. The molecule has 0 fully saturated rings. The Morgan fingerprint density at radius 2 is 2.04 bits per heavy atom. The van der Waals surface area contributed by atoms with Gasteiger partial charge in [-0.2, -0.15) is 5.26 Å². The van der Waals surface area contributed by atoms with Gasteiger partial charge in [-0.25, -0.2) is 0 Å². The summed E-state index contributed by atoms with van der Waals surface area (Å²) in [4.78, 5) is 28.7. The highest BCUT2D eigenvalue weighted by molar-refractivity contribution is 5.81. The zero-order chi connectivity index (χ0) is 18.1. The first-order valence-electron chi connectivity index (χ1n) is 7.63. The van der Waals surface area contributed by atoms with Crippen LogP contribution in [0.5, 0.6) is 0 Å². The highest BCUT2D eigenvalue weighted by Crippen LogP contribution is 2.22. The van der Waals surface area contributed by atoms with E-state index in [0.717, 1.165) is 0 Å². The number of hydrogen-bond donors (Lipinski definition) is 1. The second kappa shape index (κ2) is 8.98. The van der Waals surface area contributed by atoms with Crippen molar-refractivity contribution in [2.75, 3.05) is 18.4 Å². The minimum atomic E-state index is -0.506. The van der Waals surface area contributed by atoms with Gasteiger partial charge in [-0.15, -0.1) is 0 Å². The lowest BCUT2D eigenvalue weighted by Gasteiger charge is -2.21. The minimum absolute atomic E-state index is 0.0939. The molecule has 0 aliphatic rings. The number of rotatable bonds is 8. The highest BCUT2D eigenvalue weighted by atomic mass is 16.6. The second-order valence-corrected chi connectivity index (χ2v) is 5.17. The van der Waals surface area contributed by atoms with E-state index >= 15 is 0 Å². The number of nitrogens with one attached hydrogen (secondary N) is 1. The Morgan fingerprint density at radius 3 is 2.72 bits per heavy atom. The Kier molecular flexibility index (Phi) is 6.42. The molecule has 0 saturated heterocycles. The zero-order valence-electron chi connectivity index (χ0n) is 13.5. The first-order valence-corrected chi connectivity index (χ1v) is 7.63. The van der Waals surface area contributed by atoms with Gasteiger partial charge < -0.3 is 10.2 Å².